The third-order valence-corrected chi connectivity index (χ3v) is 8.04. The monoisotopic (exact) mass is 485 g/mol. The Kier molecular flexibility index (Phi) is 5.00. The molecule has 1 saturated carbocycles. The smallest absolute Gasteiger partial charge is 0.197 e. The minimum absolute atomic E-state index is 0.191. The van der Waals surface area contributed by atoms with Gasteiger partial charge in [-0.3, -0.25) is 9.59 Å². The van der Waals surface area contributed by atoms with Gasteiger partial charge in [0.2, 0.25) is 0 Å². The molecule has 0 aliphatic heterocycles. The van der Waals surface area contributed by atoms with Crippen molar-refractivity contribution in [2.45, 2.75) is 38.1 Å². The van der Waals surface area contributed by atoms with E-state index in [0.29, 0.717) is 17.2 Å². The summed E-state index contributed by atoms with van der Waals surface area (Å²) in [5.74, 6) is 0.537. The van der Waals surface area contributed by atoms with E-state index in [2.05, 4.69) is 27.3 Å². The van der Waals surface area contributed by atoms with Crippen molar-refractivity contribution >= 4 is 39.6 Å². The number of carbonyl (C=O) groups is 2. The Morgan fingerprint density at radius 2 is 1.43 bits per heavy atom. The van der Waals surface area contributed by atoms with Crippen molar-refractivity contribution in [2.75, 3.05) is 0 Å². The third kappa shape index (κ3) is 3.41. The molecular formula is C32H27N3O2. The summed E-state index contributed by atoms with van der Waals surface area (Å²) >= 11 is 0. The zero-order valence-electron chi connectivity index (χ0n) is 20.8. The topological polar surface area (TPSA) is 56.9 Å². The van der Waals surface area contributed by atoms with Crippen molar-refractivity contribution in [3.05, 3.63) is 95.2 Å². The molecule has 1 fully saturated rings. The van der Waals surface area contributed by atoms with Crippen LogP contribution in [-0.2, 0) is 7.05 Å². The largest absolute Gasteiger partial charge is 0.326 e. The molecule has 0 bridgehead atoms. The van der Waals surface area contributed by atoms with Gasteiger partial charge in [0.05, 0.1) is 11.1 Å². The van der Waals surface area contributed by atoms with E-state index in [0.717, 1.165) is 51.9 Å². The molecule has 2 aromatic heterocycles. The number of aromatic nitrogens is 3. The summed E-state index contributed by atoms with van der Waals surface area (Å²) in [5.41, 5.74) is 5.13. The Bertz CT molecular complexity index is 1690. The molecule has 2 aliphatic rings. The molecule has 2 aliphatic carbocycles. The van der Waals surface area contributed by atoms with Gasteiger partial charge in [0, 0.05) is 35.5 Å². The molecule has 0 saturated heterocycles. The first-order valence-corrected chi connectivity index (χ1v) is 13.1. The van der Waals surface area contributed by atoms with Crippen molar-refractivity contribution in [1.82, 2.24) is 14.1 Å². The summed E-state index contributed by atoms with van der Waals surface area (Å²) in [6.07, 6.45) is 7.56. The molecule has 5 heteroatoms. The second-order valence-electron chi connectivity index (χ2n) is 10.3. The second-order valence-corrected chi connectivity index (χ2v) is 10.3. The maximum atomic E-state index is 13.5. The van der Waals surface area contributed by atoms with Crippen molar-refractivity contribution in [3.63, 3.8) is 0 Å². The first kappa shape index (κ1) is 22.0. The Balaban J connectivity index is 1.39. The summed E-state index contributed by atoms with van der Waals surface area (Å²) < 4.78 is 4.40. The van der Waals surface area contributed by atoms with Crippen LogP contribution in [0.3, 0.4) is 0 Å². The highest BCUT2D eigenvalue weighted by Gasteiger charge is 2.34. The maximum Gasteiger partial charge on any atom is 0.197 e. The Morgan fingerprint density at radius 3 is 2.08 bits per heavy atom. The van der Waals surface area contributed by atoms with Crippen LogP contribution in [0, 0.1) is 0 Å². The molecule has 0 unspecified atom stereocenters. The normalized spacial score (nSPS) is 16.2. The summed E-state index contributed by atoms with van der Waals surface area (Å²) in [6, 6.07) is 24.2. The number of fused-ring (bicyclic) bond motifs is 3. The second kappa shape index (κ2) is 8.41. The van der Waals surface area contributed by atoms with Crippen LogP contribution in [0.5, 0.6) is 0 Å². The Morgan fingerprint density at radius 1 is 0.811 bits per heavy atom. The zero-order valence-corrected chi connectivity index (χ0v) is 20.8. The van der Waals surface area contributed by atoms with Gasteiger partial charge in [-0.2, -0.15) is 0 Å². The van der Waals surface area contributed by atoms with Crippen LogP contribution in [0.4, 0.5) is 0 Å². The van der Waals surface area contributed by atoms with Gasteiger partial charge >= 0.3 is 0 Å². The molecule has 0 spiro atoms. The van der Waals surface area contributed by atoms with E-state index in [1.165, 1.54) is 19.3 Å². The van der Waals surface area contributed by atoms with Gasteiger partial charge in [0.1, 0.15) is 5.82 Å². The molecule has 2 heterocycles. The fourth-order valence-corrected chi connectivity index (χ4v) is 6.14. The minimum atomic E-state index is -0.191. The molecule has 0 atom stereocenters. The number of ketones is 2. The van der Waals surface area contributed by atoms with E-state index in [1.807, 2.05) is 67.7 Å². The number of imidazole rings is 1. The number of allylic oxidation sites excluding steroid dienone is 1. The SMILES string of the molecule is Cn1c(-c2ccccc2)nc2c1cc(C=C1C(=O)c3cc4ccccc4cc3C1=O)n2C1CCCCC1. The van der Waals surface area contributed by atoms with Gasteiger partial charge < -0.3 is 9.13 Å². The lowest BCUT2D eigenvalue weighted by atomic mass is 9.95. The third-order valence-electron chi connectivity index (χ3n) is 8.04. The van der Waals surface area contributed by atoms with Gasteiger partial charge in [-0.25, -0.2) is 4.98 Å². The molecule has 0 amide bonds. The molecule has 37 heavy (non-hydrogen) atoms. The van der Waals surface area contributed by atoms with E-state index >= 15 is 0 Å². The van der Waals surface area contributed by atoms with Crippen molar-refractivity contribution in [2.24, 2.45) is 7.05 Å². The Hall–Kier alpha value is -4.25. The minimum Gasteiger partial charge on any atom is -0.326 e. The molecule has 3 aromatic carbocycles. The molecular weight excluding hydrogens is 458 g/mol. The highest BCUT2D eigenvalue weighted by atomic mass is 16.2. The van der Waals surface area contributed by atoms with Crippen molar-refractivity contribution in [3.8, 4) is 11.4 Å². The van der Waals surface area contributed by atoms with Crippen LogP contribution < -0.4 is 0 Å². The maximum absolute atomic E-state index is 13.5. The van der Waals surface area contributed by atoms with Gasteiger partial charge in [0.25, 0.3) is 0 Å². The van der Waals surface area contributed by atoms with Crippen LogP contribution in [0.2, 0.25) is 0 Å². The van der Waals surface area contributed by atoms with Gasteiger partial charge in [-0.15, -0.1) is 0 Å². The van der Waals surface area contributed by atoms with Crippen LogP contribution in [0.1, 0.15) is 64.6 Å². The zero-order chi connectivity index (χ0) is 25.1. The van der Waals surface area contributed by atoms with Gasteiger partial charge in [-0.05, 0) is 47.9 Å². The standard InChI is InChI=1S/C32H27N3O2/c1-34-28-19-24(18-27-29(36)25-16-21-12-8-9-13-22(21)17-26(25)30(27)37)35(23-14-6-3-7-15-23)32(28)33-31(34)20-10-4-2-5-11-20/h2,4-5,8-13,16-19,23H,3,6-7,14-15H2,1H3. The molecule has 5 aromatic rings. The number of carbonyl (C=O) groups excluding carboxylic acids is 2. The summed E-state index contributed by atoms with van der Waals surface area (Å²) in [5, 5.41) is 1.94. The fourth-order valence-electron chi connectivity index (χ4n) is 6.14. The summed E-state index contributed by atoms with van der Waals surface area (Å²) in [6.45, 7) is 0. The number of rotatable bonds is 3. The molecule has 7 rings (SSSR count). The Labute approximate surface area is 215 Å². The van der Waals surface area contributed by atoms with E-state index in [4.69, 9.17) is 4.98 Å². The number of hydrogen-bond donors (Lipinski definition) is 0. The first-order chi connectivity index (χ1) is 18.1. The van der Waals surface area contributed by atoms with Crippen molar-refractivity contribution < 1.29 is 9.59 Å². The number of nitrogens with zero attached hydrogens (tertiary/aromatic N) is 3. The molecule has 182 valence electrons. The lowest BCUT2D eigenvalue weighted by molar-refractivity contribution is 0.0990. The number of Topliss-reactive ketones (excluding diaryl/α,β-unsaturated/α-hetero) is 2. The summed E-state index contributed by atoms with van der Waals surface area (Å²) in [4.78, 5) is 32.1. The van der Waals surface area contributed by atoms with E-state index in [9.17, 15) is 9.59 Å². The number of aryl methyl sites for hydroxylation is 1. The lowest BCUT2D eigenvalue weighted by Crippen LogP contribution is -2.14. The first-order valence-electron chi connectivity index (χ1n) is 13.1. The van der Waals surface area contributed by atoms with Crippen LogP contribution in [-0.4, -0.2) is 25.7 Å². The lowest BCUT2D eigenvalue weighted by Gasteiger charge is -2.25. The number of hydrogen-bond acceptors (Lipinski definition) is 3. The van der Waals surface area contributed by atoms with E-state index in [-0.39, 0.29) is 17.1 Å². The van der Waals surface area contributed by atoms with Crippen LogP contribution in [0.15, 0.2) is 78.4 Å². The predicted molar refractivity (Wildman–Crippen MR) is 147 cm³/mol. The van der Waals surface area contributed by atoms with E-state index in [1.54, 1.807) is 0 Å². The number of benzene rings is 3. The van der Waals surface area contributed by atoms with Crippen LogP contribution >= 0.6 is 0 Å². The molecule has 0 N–H and O–H groups in total. The highest BCUT2D eigenvalue weighted by Crippen LogP contribution is 2.37. The van der Waals surface area contributed by atoms with Crippen LogP contribution in [0.25, 0.3) is 39.4 Å². The molecule has 5 nitrogen and oxygen atoms in total. The van der Waals surface area contributed by atoms with Gasteiger partial charge in [0.15, 0.2) is 17.2 Å². The van der Waals surface area contributed by atoms with Gasteiger partial charge in [-0.1, -0.05) is 73.9 Å². The summed E-state index contributed by atoms with van der Waals surface area (Å²) in [7, 11) is 2.03. The fraction of sp³-hybridized carbons (Fsp3) is 0.219. The highest BCUT2D eigenvalue weighted by molar-refractivity contribution is 6.42. The quantitative estimate of drug-likeness (QED) is 0.201. The average Bonchev–Trinajstić information content (AvgIpc) is 3.53. The predicted octanol–water partition coefficient (Wildman–Crippen LogP) is 7.16. The molecule has 0 radical (unpaired) electrons. The van der Waals surface area contributed by atoms with E-state index < -0.39 is 0 Å². The van der Waals surface area contributed by atoms with Crippen molar-refractivity contribution in [1.29, 1.82) is 0 Å². The average molecular weight is 486 g/mol.